The Hall–Kier alpha value is -1.45. The maximum Gasteiger partial charge on any atom is 0.345 e. The van der Waals surface area contributed by atoms with Crippen molar-refractivity contribution in [1.29, 1.82) is 0 Å². The van der Waals surface area contributed by atoms with E-state index in [1.165, 1.54) is 6.92 Å². The Balaban J connectivity index is 2.26. The molecule has 0 aliphatic carbocycles. The largest absolute Gasteiger partial charge is 0.477 e. The number of carbonyl (C=O) groups is 2. The summed E-state index contributed by atoms with van der Waals surface area (Å²) in [6, 6.07) is 0.312. The molecule has 1 unspecified atom stereocenters. The van der Waals surface area contributed by atoms with Crippen molar-refractivity contribution < 1.29 is 23.1 Å². The predicted octanol–water partition coefficient (Wildman–Crippen LogP) is 0.312. The van der Waals surface area contributed by atoms with Gasteiger partial charge in [0.1, 0.15) is 10.9 Å². The van der Waals surface area contributed by atoms with Crippen LogP contribution in [0.1, 0.15) is 27.4 Å². The summed E-state index contributed by atoms with van der Waals surface area (Å²) >= 11 is 0.893. The Bertz CT molecular complexity index is 650. The summed E-state index contributed by atoms with van der Waals surface area (Å²) in [5.74, 6) is -1.53. The minimum Gasteiger partial charge on any atom is -0.477 e. The fraction of sp³-hybridized carbons (Fsp3) is 0.455. The Kier molecular flexibility index (Phi) is 4.11. The van der Waals surface area contributed by atoms with Crippen LogP contribution >= 0.6 is 11.3 Å². The quantitative estimate of drug-likeness (QED) is 0.739. The van der Waals surface area contributed by atoms with E-state index in [2.05, 4.69) is 10.0 Å². The molecule has 1 aromatic heterocycles. The SMILES string of the molecule is Cc1sc(C(=O)O)cc1S(=O)(=O)NC1CCCNC1=O. The summed E-state index contributed by atoms with van der Waals surface area (Å²) in [7, 11) is -3.90. The molecule has 0 saturated carbocycles. The fourth-order valence-corrected chi connectivity index (χ4v) is 4.63. The number of carboxylic acids is 1. The van der Waals surface area contributed by atoms with E-state index in [4.69, 9.17) is 5.11 Å². The number of amides is 1. The molecule has 0 aromatic carbocycles. The zero-order valence-electron chi connectivity index (χ0n) is 10.7. The number of piperidine rings is 1. The minimum atomic E-state index is -3.90. The summed E-state index contributed by atoms with van der Waals surface area (Å²) in [5, 5.41) is 11.5. The van der Waals surface area contributed by atoms with Crippen molar-refractivity contribution in [3.8, 4) is 0 Å². The number of carbonyl (C=O) groups excluding carboxylic acids is 1. The van der Waals surface area contributed by atoms with Crippen LogP contribution < -0.4 is 10.0 Å². The van der Waals surface area contributed by atoms with Gasteiger partial charge in [-0.05, 0) is 25.8 Å². The predicted molar refractivity (Wildman–Crippen MR) is 72.4 cm³/mol. The van der Waals surface area contributed by atoms with Gasteiger partial charge in [-0.2, -0.15) is 4.72 Å². The van der Waals surface area contributed by atoms with Crippen molar-refractivity contribution in [2.24, 2.45) is 0 Å². The second kappa shape index (κ2) is 5.51. The van der Waals surface area contributed by atoms with Gasteiger partial charge in [0.05, 0.1) is 4.90 Å². The molecule has 110 valence electrons. The van der Waals surface area contributed by atoms with Crippen LogP contribution in [0.5, 0.6) is 0 Å². The molecule has 1 atom stereocenters. The average Bonchev–Trinajstić information content (AvgIpc) is 2.75. The molecular weight excluding hydrogens is 304 g/mol. The number of carboxylic acid groups (broad SMARTS) is 1. The highest BCUT2D eigenvalue weighted by Crippen LogP contribution is 2.26. The second-order valence-electron chi connectivity index (χ2n) is 4.44. The van der Waals surface area contributed by atoms with Gasteiger partial charge in [0, 0.05) is 11.4 Å². The van der Waals surface area contributed by atoms with Gasteiger partial charge in [-0.1, -0.05) is 0 Å². The summed E-state index contributed by atoms with van der Waals surface area (Å²) in [5.41, 5.74) is 0. The summed E-state index contributed by atoms with van der Waals surface area (Å²) in [6.45, 7) is 2.07. The fourth-order valence-electron chi connectivity index (χ4n) is 1.97. The third-order valence-corrected chi connectivity index (χ3v) is 5.72. The molecule has 2 rings (SSSR count). The molecule has 20 heavy (non-hydrogen) atoms. The van der Waals surface area contributed by atoms with E-state index >= 15 is 0 Å². The van der Waals surface area contributed by atoms with Crippen LogP contribution in [0.3, 0.4) is 0 Å². The summed E-state index contributed by atoms with van der Waals surface area (Å²) in [6.07, 6.45) is 1.13. The van der Waals surface area contributed by atoms with Gasteiger partial charge >= 0.3 is 5.97 Å². The first kappa shape index (κ1) is 14.9. The molecule has 1 aromatic rings. The molecule has 0 bridgehead atoms. The molecule has 0 radical (unpaired) electrons. The van der Waals surface area contributed by atoms with Crippen molar-refractivity contribution >= 4 is 33.2 Å². The first-order valence-electron chi connectivity index (χ1n) is 5.95. The van der Waals surface area contributed by atoms with Crippen LogP contribution in [0, 0.1) is 6.92 Å². The van der Waals surface area contributed by atoms with Gasteiger partial charge < -0.3 is 10.4 Å². The van der Waals surface area contributed by atoms with Crippen molar-refractivity contribution in [2.75, 3.05) is 6.54 Å². The highest BCUT2D eigenvalue weighted by molar-refractivity contribution is 7.89. The highest BCUT2D eigenvalue weighted by Gasteiger charge is 2.29. The molecular formula is C11H14N2O5S2. The van der Waals surface area contributed by atoms with Crippen molar-refractivity contribution in [3.05, 3.63) is 15.8 Å². The number of aromatic carboxylic acids is 1. The van der Waals surface area contributed by atoms with Crippen LogP contribution in [0.2, 0.25) is 0 Å². The third-order valence-electron chi connectivity index (χ3n) is 2.96. The zero-order chi connectivity index (χ0) is 14.9. The van der Waals surface area contributed by atoms with Crippen molar-refractivity contribution in [2.45, 2.75) is 30.7 Å². The minimum absolute atomic E-state index is 0.0454. The smallest absolute Gasteiger partial charge is 0.345 e. The van der Waals surface area contributed by atoms with E-state index in [1.54, 1.807) is 0 Å². The zero-order valence-corrected chi connectivity index (χ0v) is 12.3. The highest BCUT2D eigenvalue weighted by atomic mass is 32.2. The molecule has 1 amide bonds. The maximum absolute atomic E-state index is 12.2. The maximum atomic E-state index is 12.2. The lowest BCUT2D eigenvalue weighted by atomic mass is 10.1. The Morgan fingerprint density at radius 3 is 2.80 bits per heavy atom. The molecule has 3 N–H and O–H groups in total. The number of nitrogens with one attached hydrogen (secondary N) is 2. The molecule has 2 heterocycles. The number of hydrogen-bond acceptors (Lipinski definition) is 5. The molecule has 1 aliphatic rings. The second-order valence-corrected chi connectivity index (χ2v) is 7.38. The molecule has 1 saturated heterocycles. The Morgan fingerprint density at radius 2 is 2.25 bits per heavy atom. The van der Waals surface area contributed by atoms with E-state index in [-0.39, 0.29) is 15.7 Å². The number of thiophene rings is 1. The topological polar surface area (TPSA) is 113 Å². The van der Waals surface area contributed by atoms with E-state index in [0.717, 1.165) is 17.4 Å². The van der Waals surface area contributed by atoms with Crippen molar-refractivity contribution in [1.82, 2.24) is 10.0 Å². The monoisotopic (exact) mass is 318 g/mol. The van der Waals surface area contributed by atoms with Gasteiger partial charge in [-0.25, -0.2) is 13.2 Å². The van der Waals surface area contributed by atoms with Gasteiger partial charge in [0.15, 0.2) is 0 Å². The van der Waals surface area contributed by atoms with Crippen LogP contribution in [0.15, 0.2) is 11.0 Å². The first-order valence-corrected chi connectivity index (χ1v) is 8.25. The van der Waals surface area contributed by atoms with Crippen LogP contribution in [0.25, 0.3) is 0 Å². The van der Waals surface area contributed by atoms with E-state index < -0.39 is 22.0 Å². The normalized spacial score (nSPS) is 19.6. The van der Waals surface area contributed by atoms with Gasteiger partial charge in [0.25, 0.3) is 0 Å². The van der Waals surface area contributed by atoms with Gasteiger partial charge in [-0.3, -0.25) is 4.79 Å². The van der Waals surface area contributed by atoms with Crippen LogP contribution in [-0.2, 0) is 14.8 Å². The third kappa shape index (κ3) is 3.00. The Morgan fingerprint density at radius 1 is 1.55 bits per heavy atom. The lowest BCUT2D eigenvalue weighted by Gasteiger charge is -2.22. The lowest BCUT2D eigenvalue weighted by molar-refractivity contribution is -0.124. The summed E-state index contributed by atoms with van der Waals surface area (Å²) in [4.78, 5) is 22.7. The lowest BCUT2D eigenvalue weighted by Crippen LogP contribution is -2.50. The number of hydrogen-bond donors (Lipinski definition) is 3. The molecule has 0 spiro atoms. The van der Waals surface area contributed by atoms with Crippen LogP contribution in [-0.4, -0.2) is 38.0 Å². The van der Waals surface area contributed by atoms with Gasteiger partial charge in [0.2, 0.25) is 15.9 Å². The average molecular weight is 318 g/mol. The van der Waals surface area contributed by atoms with E-state index in [0.29, 0.717) is 24.3 Å². The number of rotatable bonds is 4. The summed E-state index contributed by atoms with van der Waals surface area (Å²) < 4.78 is 26.8. The van der Waals surface area contributed by atoms with E-state index in [9.17, 15) is 18.0 Å². The number of aryl methyl sites for hydroxylation is 1. The van der Waals surface area contributed by atoms with Gasteiger partial charge in [-0.15, -0.1) is 11.3 Å². The standard InChI is InChI=1S/C11H14N2O5S2/c1-6-9(5-8(19-6)11(15)16)20(17,18)13-7-3-2-4-12-10(7)14/h5,7,13H,2-4H2,1H3,(H,12,14)(H,15,16). The molecule has 7 nitrogen and oxygen atoms in total. The molecule has 1 aliphatic heterocycles. The van der Waals surface area contributed by atoms with E-state index in [1.807, 2.05) is 0 Å². The number of sulfonamides is 1. The van der Waals surface area contributed by atoms with Crippen molar-refractivity contribution in [3.63, 3.8) is 0 Å². The molecule has 1 fully saturated rings. The Labute approximate surface area is 120 Å². The first-order chi connectivity index (χ1) is 9.31. The van der Waals surface area contributed by atoms with Crippen LogP contribution in [0.4, 0.5) is 0 Å². The molecule has 9 heteroatoms.